The molecule has 1 aromatic rings. The first-order valence-electron chi connectivity index (χ1n) is 5.64. The highest BCUT2D eigenvalue weighted by atomic mass is 79.9. The number of nitrogens with one attached hydrogen (secondary N) is 1. The summed E-state index contributed by atoms with van der Waals surface area (Å²) in [6.07, 6.45) is 0. The van der Waals surface area contributed by atoms with Crippen LogP contribution in [0.15, 0.2) is 9.27 Å². The Bertz CT molecular complexity index is 481. The molecule has 18 heavy (non-hydrogen) atoms. The Morgan fingerprint density at radius 2 is 2.22 bits per heavy atom. The number of hydrogen-bond acceptors (Lipinski definition) is 5. The van der Waals surface area contributed by atoms with E-state index in [1.54, 1.807) is 7.11 Å². The van der Waals surface area contributed by atoms with Crippen LogP contribution in [0.2, 0.25) is 0 Å². The van der Waals surface area contributed by atoms with Gasteiger partial charge in [-0.25, -0.2) is 4.98 Å². The normalized spacial score (nSPS) is 24.2. The summed E-state index contributed by atoms with van der Waals surface area (Å²) in [7, 11) is 1.60. The van der Waals surface area contributed by atoms with Crippen LogP contribution < -0.4 is 5.56 Å². The highest BCUT2D eigenvalue weighted by molar-refractivity contribution is 9.10. The van der Waals surface area contributed by atoms with Gasteiger partial charge in [0.2, 0.25) is 0 Å². The summed E-state index contributed by atoms with van der Waals surface area (Å²) in [4.78, 5) is 19.3. The number of ether oxygens (including phenoxy) is 1. The van der Waals surface area contributed by atoms with Gasteiger partial charge in [0.05, 0.1) is 17.6 Å². The van der Waals surface area contributed by atoms with Gasteiger partial charge in [-0.3, -0.25) is 4.79 Å². The Labute approximate surface area is 123 Å². The third-order valence-electron chi connectivity index (χ3n) is 2.69. The minimum absolute atomic E-state index is 0.129. The maximum atomic E-state index is 11.9. The molecule has 1 saturated heterocycles. The molecule has 0 aromatic carbocycles. The van der Waals surface area contributed by atoms with Crippen molar-refractivity contribution < 1.29 is 4.74 Å². The molecule has 1 aromatic heterocycles. The fourth-order valence-corrected chi connectivity index (χ4v) is 4.84. The van der Waals surface area contributed by atoms with E-state index in [1.165, 1.54) is 0 Å². The second kappa shape index (κ2) is 6.45. The number of aromatic amines is 1. The number of aromatic nitrogens is 2. The fourth-order valence-electron chi connectivity index (χ4n) is 1.83. The molecular weight excluding hydrogens is 336 g/mol. The molecule has 1 aliphatic heterocycles. The lowest BCUT2D eigenvalue weighted by Crippen LogP contribution is -2.23. The Hall–Kier alpha value is 0.0200. The summed E-state index contributed by atoms with van der Waals surface area (Å²) >= 11 is 7.04. The third kappa shape index (κ3) is 3.12. The number of thioether (sulfide) groups is 2. The van der Waals surface area contributed by atoms with Gasteiger partial charge < -0.3 is 9.72 Å². The van der Waals surface area contributed by atoms with Gasteiger partial charge >= 0.3 is 0 Å². The maximum Gasteiger partial charge on any atom is 0.265 e. The minimum atomic E-state index is -0.129. The van der Waals surface area contributed by atoms with Crippen molar-refractivity contribution in [2.45, 2.75) is 24.0 Å². The Morgan fingerprint density at radius 1 is 1.50 bits per heavy atom. The lowest BCUT2D eigenvalue weighted by atomic mass is 10.3. The maximum absolute atomic E-state index is 11.9. The van der Waals surface area contributed by atoms with E-state index in [4.69, 9.17) is 4.74 Å². The van der Waals surface area contributed by atoms with Crippen LogP contribution >= 0.6 is 39.5 Å². The van der Waals surface area contributed by atoms with E-state index < -0.39 is 0 Å². The third-order valence-corrected chi connectivity index (χ3v) is 6.60. The molecule has 2 rings (SSSR count). The predicted molar refractivity (Wildman–Crippen MR) is 80.4 cm³/mol. The Kier molecular flexibility index (Phi) is 5.17. The SMILES string of the molecule is COCc1nc(C2SCCSC2C)[nH]c(=O)c1Br. The molecule has 0 saturated carbocycles. The molecule has 4 nitrogen and oxygen atoms in total. The van der Waals surface area contributed by atoms with Crippen LogP contribution in [0.1, 0.15) is 23.7 Å². The van der Waals surface area contributed by atoms with E-state index in [0.29, 0.717) is 22.0 Å². The summed E-state index contributed by atoms with van der Waals surface area (Å²) in [5, 5.41) is 0.712. The smallest absolute Gasteiger partial charge is 0.265 e. The second-order valence-electron chi connectivity index (χ2n) is 4.01. The zero-order valence-electron chi connectivity index (χ0n) is 10.2. The summed E-state index contributed by atoms with van der Waals surface area (Å²) in [6, 6.07) is 0. The van der Waals surface area contributed by atoms with E-state index in [9.17, 15) is 4.79 Å². The van der Waals surface area contributed by atoms with Gasteiger partial charge in [-0.2, -0.15) is 11.8 Å². The summed E-state index contributed by atoms with van der Waals surface area (Å²) < 4.78 is 5.54. The molecular formula is C11H15BrN2O2S2. The molecule has 0 spiro atoms. The van der Waals surface area contributed by atoms with Crippen molar-refractivity contribution in [3.8, 4) is 0 Å². The molecule has 0 aliphatic carbocycles. The first-order chi connectivity index (χ1) is 8.63. The molecule has 1 aliphatic rings. The monoisotopic (exact) mass is 350 g/mol. The van der Waals surface area contributed by atoms with Gasteiger partial charge in [-0.05, 0) is 15.9 Å². The predicted octanol–water partition coefficient (Wildman–Crippen LogP) is 2.59. The van der Waals surface area contributed by atoms with Crippen molar-refractivity contribution in [3.63, 3.8) is 0 Å². The minimum Gasteiger partial charge on any atom is -0.378 e. The Morgan fingerprint density at radius 3 is 2.89 bits per heavy atom. The first kappa shape index (κ1) is 14.4. The number of hydrogen-bond donors (Lipinski definition) is 1. The van der Waals surface area contributed by atoms with Gasteiger partial charge in [0.15, 0.2) is 0 Å². The second-order valence-corrected chi connectivity index (χ2v) is 7.54. The molecule has 0 amide bonds. The van der Waals surface area contributed by atoms with Crippen LogP contribution in [-0.4, -0.2) is 33.8 Å². The van der Waals surface area contributed by atoms with Crippen LogP contribution in [0, 0.1) is 0 Å². The van der Waals surface area contributed by atoms with Gasteiger partial charge in [0.25, 0.3) is 5.56 Å². The Balaban J connectivity index is 2.35. The van der Waals surface area contributed by atoms with Crippen molar-refractivity contribution in [1.82, 2.24) is 9.97 Å². The quantitative estimate of drug-likeness (QED) is 0.907. The van der Waals surface area contributed by atoms with E-state index >= 15 is 0 Å². The molecule has 0 radical (unpaired) electrons. The lowest BCUT2D eigenvalue weighted by molar-refractivity contribution is 0.180. The molecule has 1 N–H and O–H groups in total. The van der Waals surface area contributed by atoms with E-state index in [-0.39, 0.29) is 10.8 Å². The van der Waals surface area contributed by atoms with E-state index in [1.807, 2.05) is 23.5 Å². The highest BCUT2D eigenvalue weighted by Crippen LogP contribution is 2.40. The average molecular weight is 351 g/mol. The lowest BCUT2D eigenvalue weighted by Gasteiger charge is -2.27. The zero-order valence-corrected chi connectivity index (χ0v) is 13.5. The van der Waals surface area contributed by atoms with Crippen molar-refractivity contribution in [2.75, 3.05) is 18.6 Å². The van der Waals surface area contributed by atoms with Crippen LogP contribution in [-0.2, 0) is 11.3 Å². The first-order valence-corrected chi connectivity index (χ1v) is 8.53. The number of H-pyrrole nitrogens is 1. The molecule has 100 valence electrons. The largest absolute Gasteiger partial charge is 0.378 e. The highest BCUT2D eigenvalue weighted by Gasteiger charge is 2.27. The van der Waals surface area contributed by atoms with Gasteiger partial charge in [-0.1, -0.05) is 6.92 Å². The van der Waals surface area contributed by atoms with Crippen LogP contribution in [0.5, 0.6) is 0 Å². The number of halogens is 1. The van der Waals surface area contributed by atoms with Gasteiger partial charge in [0.1, 0.15) is 10.3 Å². The number of rotatable bonds is 3. The molecule has 2 atom stereocenters. The van der Waals surface area contributed by atoms with Crippen LogP contribution in [0.3, 0.4) is 0 Å². The van der Waals surface area contributed by atoms with Gasteiger partial charge in [-0.15, -0.1) is 11.8 Å². The van der Waals surface area contributed by atoms with Crippen molar-refractivity contribution in [2.24, 2.45) is 0 Å². The summed E-state index contributed by atoms with van der Waals surface area (Å²) in [5.41, 5.74) is 0.537. The molecule has 0 bridgehead atoms. The van der Waals surface area contributed by atoms with Gasteiger partial charge in [0, 0.05) is 23.9 Å². The summed E-state index contributed by atoms with van der Waals surface area (Å²) in [5.74, 6) is 3.02. The van der Waals surface area contributed by atoms with E-state index in [0.717, 1.165) is 17.3 Å². The molecule has 2 heterocycles. The fraction of sp³-hybridized carbons (Fsp3) is 0.636. The van der Waals surface area contributed by atoms with E-state index in [2.05, 4.69) is 32.8 Å². The topological polar surface area (TPSA) is 55.0 Å². The average Bonchev–Trinajstić information content (AvgIpc) is 2.35. The molecule has 7 heteroatoms. The molecule has 2 unspecified atom stereocenters. The van der Waals surface area contributed by atoms with Crippen LogP contribution in [0.25, 0.3) is 0 Å². The molecule has 1 fully saturated rings. The van der Waals surface area contributed by atoms with Crippen molar-refractivity contribution in [1.29, 1.82) is 0 Å². The standard InChI is InChI=1S/C11H15BrN2O2S2/c1-6-9(18-4-3-17-6)10-13-7(5-16-2)8(12)11(15)14-10/h6,9H,3-5H2,1-2H3,(H,13,14,15). The van der Waals surface area contributed by atoms with Crippen LogP contribution in [0.4, 0.5) is 0 Å². The summed E-state index contributed by atoms with van der Waals surface area (Å²) in [6.45, 7) is 2.52. The number of nitrogens with zero attached hydrogens (tertiary/aromatic N) is 1. The van der Waals surface area contributed by atoms with Crippen molar-refractivity contribution in [3.05, 3.63) is 26.3 Å². The zero-order chi connectivity index (χ0) is 13.1. The van der Waals surface area contributed by atoms with Crippen molar-refractivity contribution >= 4 is 39.5 Å². The number of methoxy groups -OCH3 is 1.